The number of hydrogen-bond donors (Lipinski definition) is 1. The Kier molecular flexibility index (Phi) is 2.73. The number of carbonyl (C=O) groups is 1. The first-order valence-corrected chi connectivity index (χ1v) is 6.85. The highest BCUT2D eigenvalue weighted by Crippen LogP contribution is 2.45. The van der Waals surface area contributed by atoms with E-state index in [1.54, 1.807) is 12.0 Å². The molecule has 2 saturated heterocycles. The van der Waals surface area contributed by atoms with Gasteiger partial charge in [-0.3, -0.25) is 0 Å². The third kappa shape index (κ3) is 1.85. The minimum Gasteiger partial charge on any atom is -0.487 e. The highest BCUT2D eigenvalue weighted by atomic mass is 16.7. The summed E-state index contributed by atoms with van der Waals surface area (Å²) in [7, 11) is 1.55. The molecule has 0 saturated carbocycles. The topological polar surface area (TPSA) is 83.0 Å². The molecule has 0 radical (unpaired) electrons. The van der Waals surface area contributed by atoms with Gasteiger partial charge in [-0.05, 0) is 12.1 Å². The van der Waals surface area contributed by atoms with Crippen molar-refractivity contribution in [3.05, 3.63) is 24.3 Å². The number of para-hydroxylation sites is 2. The van der Waals surface area contributed by atoms with Gasteiger partial charge in [0, 0.05) is 7.11 Å². The number of primary amides is 1. The minimum atomic E-state index is -0.503. The predicted octanol–water partition coefficient (Wildman–Crippen LogP) is 0.329. The zero-order valence-corrected chi connectivity index (χ0v) is 11.5. The van der Waals surface area contributed by atoms with Gasteiger partial charge in [-0.2, -0.15) is 0 Å². The molecule has 3 aliphatic heterocycles. The first kappa shape index (κ1) is 12.7. The quantitative estimate of drug-likeness (QED) is 0.754. The molecule has 112 valence electrons. The second-order valence-electron chi connectivity index (χ2n) is 5.35. The van der Waals surface area contributed by atoms with Crippen molar-refractivity contribution >= 4 is 6.03 Å². The number of benzene rings is 1. The van der Waals surface area contributed by atoms with Gasteiger partial charge in [0.25, 0.3) is 0 Å². The largest absolute Gasteiger partial charge is 0.487 e. The lowest BCUT2D eigenvalue weighted by Crippen LogP contribution is -2.50. The summed E-state index contributed by atoms with van der Waals surface area (Å²) in [5, 5.41) is 0. The van der Waals surface area contributed by atoms with Gasteiger partial charge in [0.15, 0.2) is 23.9 Å². The van der Waals surface area contributed by atoms with E-state index in [0.717, 1.165) is 0 Å². The average Bonchev–Trinajstić information content (AvgIpc) is 3.24. The number of nitrogens with zero attached hydrogens (tertiary/aromatic N) is 1. The Bertz CT molecular complexity index is 580. The van der Waals surface area contributed by atoms with Crippen LogP contribution in [-0.2, 0) is 9.47 Å². The van der Waals surface area contributed by atoms with Crippen molar-refractivity contribution in [1.82, 2.24) is 4.90 Å². The van der Waals surface area contributed by atoms with E-state index in [1.165, 1.54) is 0 Å². The number of nitrogens with two attached hydrogens (primary N) is 1. The second-order valence-corrected chi connectivity index (χ2v) is 5.35. The van der Waals surface area contributed by atoms with Crippen LogP contribution >= 0.6 is 0 Å². The summed E-state index contributed by atoms with van der Waals surface area (Å²) in [6.07, 6.45) is -1.12. The maximum Gasteiger partial charge on any atom is 0.315 e. The molecule has 21 heavy (non-hydrogen) atoms. The Morgan fingerprint density at radius 1 is 1.33 bits per heavy atom. The van der Waals surface area contributed by atoms with Crippen molar-refractivity contribution < 1.29 is 23.7 Å². The first-order chi connectivity index (χ1) is 10.2. The van der Waals surface area contributed by atoms with Crippen molar-refractivity contribution in [1.29, 1.82) is 0 Å². The number of ether oxygens (including phenoxy) is 4. The van der Waals surface area contributed by atoms with Crippen molar-refractivity contribution in [3.63, 3.8) is 0 Å². The number of hydrogen-bond acceptors (Lipinski definition) is 5. The monoisotopic (exact) mass is 292 g/mol. The molecule has 0 aliphatic carbocycles. The fraction of sp³-hybridized carbons (Fsp3) is 0.500. The van der Waals surface area contributed by atoms with Crippen molar-refractivity contribution in [2.45, 2.75) is 30.6 Å². The van der Waals surface area contributed by atoms with Gasteiger partial charge in [-0.15, -0.1) is 0 Å². The van der Waals surface area contributed by atoms with Crippen LogP contribution in [0, 0.1) is 0 Å². The van der Waals surface area contributed by atoms with E-state index in [1.807, 2.05) is 24.3 Å². The number of carbonyl (C=O) groups excluding carboxylic acids is 1. The van der Waals surface area contributed by atoms with Crippen molar-refractivity contribution in [2.24, 2.45) is 5.73 Å². The molecule has 0 bridgehead atoms. The molecule has 0 unspecified atom stereocenters. The standard InChI is InChI=1S/C14H16N2O5/c1-18-13-11-10(16(11)14(15)17)12-9(21-13)6-19-7-4-2-3-5-8(7)20-12/h2-5,9-13H,6H2,1H3,(H2,15,17)/t9-,10+,11+,12-,13-,16?/m0/s1. The van der Waals surface area contributed by atoms with E-state index in [4.69, 9.17) is 24.7 Å². The number of amides is 2. The molecule has 7 nitrogen and oxygen atoms in total. The summed E-state index contributed by atoms with van der Waals surface area (Å²) in [5.41, 5.74) is 5.42. The molecule has 0 aromatic heterocycles. The van der Waals surface area contributed by atoms with Crippen LogP contribution in [0.15, 0.2) is 24.3 Å². The normalized spacial score (nSPS) is 36.2. The van der Waals surface area contributed by atoms with Crippen LogP contribution in [0.4, 0.5) is 4.79 Å². The predicted molar refractivity (Wildman–Crippen MR) is 71.0 cm³/mol. The molecule has 3 aliphatic rings. The van der Waals surface area contributed by atoms with Crippen LogP contribution in [0.3, 0.4) is 0 Å². The van der Waals surface area contributed by atoms with E-state index in [9.17, 15) is 4.79 Å². The summed E-state index contributed by atoms with van der Waals surface area (Å²) in [4.78, 5) is 13.1. The highest BCUT2D eigenvalue weighted by molar-refractivity contribution is 5.76. The first-order valence-electron chi connectivity index (χ1n) is 6.85. The smallest absolute Gasteiger partial charge is 0.315 e. The zero-order valence-electron chi connectivity index (χ0n) is 11.5. The van der Waals surface area contributed by atoms with Crippen LogP contribution in [0.5, 0.6) is 11.5 Å². The molecular formula is C14H16N2O5. The molecule has 4 rings (SSSR count). The molecule has 7 heteroatoms. The molecule has 5 atom stereocenters. The van der Waals surface area contributed by atoms with Gasteiger partial charge < -0.3 is 29.6 Å². The number of methoxy groups -OCH3 is 1. The lowest BCUT2D eigenvalue weighted by atomic mass is 10.1. The van der Waals surface area contributed by atoms with Gasteiger partial charge in [0.05, 0.1) is 6.04 Å². The van der Waals surface area contributed by atoms with E-state index in [2.05, 4.69) is 0 Å². The number of fused-ring (bicyclic) bond motifs is 4. The highest BCUT2D eigenvalue weighted by Gasteiger charge is 2.66. The van der Waals surface area contributed by atoms with Crippen LogP contribution in [0.1, 0.15) is 0 Å². The van der Waals surface area contributed by atoms with Crippen molar-refractivity contribution in [3.8, 4) is 11.5 Å². The average molecular weight is 292 g/mol. The maximum absolute atomic E-state index is 11.5. The molecule has 3 heterocycles. The summed E-state index contributed by atoms with van der Waals surface area (Å²) in [5.74, 6) is 1.33. The van der Waals surface area contributed by atoms with E-state index >= 15 is 0 Å². The Morgan fingerprint density at radius 2 is 2.10 bits per heavy atom. The van der Waals surface area contributed by atoms with E-state index in [-0.39, 0.29) is 24.3 Å². The number of rotatable bonds is 1. The maximum atomic E-state index is 11.5. The molecule has 2 fully saturated rings. The Balaban J connectivity index is 1.65. The fourth-order valence-corrected chi connectivity index (χ4v) is 3.22. The SMILES string of the molecule is CO[C@H]1O[C@H]2COc3ccccc3O[C@@H]2[C@H]2[C@H]1N2C(N)=O. The lowest BCUT2D eigenvalue weighted by molar-refractivity contribution is -0.197. The fourth-order valence-electron chi connectivity index (χ4n) is 3.22. The molecule has 2 N–H and O–H groups in total. The molecular weight excluding hydrogens is 276 g/mol. The molecule has 1 aromatic carbocycles. The third-order valence-electron chi connectivity index (χ3n) is 4.20. The van der Waals surface area contributed by atoms with Gasteiger partial charge >= 0.3 is 6.03 Å². The summed E-state index contributed by atoms with van der Waals surface area (Å²) in [6, 6.07) is 6.62. The Morgan fingerprint density at radius 3 is 2.81 bits per heavy atom. The summed E-state index contributed by atoms with van der Waals surface area (Å²) in [6.45, 7) is 0.345. The van der Waals surface area contributed by atoms with Crippen LogP contribution in [-0.4, -0.2) is 55.2 Å². The van der Waals surface area contributed by atoms with Crippen molar-refractivity contribution in [2.75, 3.05) is 13.7 Å². The lowest BCUT2D eigenvalue weighted by Gasteiger charge is -2.31. The summed E-state index contributed by atoms with van der Waals surface area (Å²) < 4.78 is 22.9. The molecule has 0 spiro atoms. The van der Waals surface area contributed by atoms with E-state index in [0.29, 0.717) is 18.1 Å². The van der Waals surface area contributed by atoms with Gasteiger partial charge in [0.2, 0.25) is 0 Å². The molecule has 1 aromatic rings. The zero-order chi connectivity index (χ0) is 14.6. The number of urea groups is 1. The van der Waals surface area contributed by atoms with Crippen LogP contribution in [0.25, 0.3) is 0 Å². The third-order valence-corrected chi connectivity index (χ3v) is 4.20. The Hall–Kier alpha value is -1.99. The van der Waals surface area contributed by atoms with Crippen LogP contribution in [0.2, 0.25) is 0 Å². The molecule has 2 amide bonds. The van der Waals surface area contributed by atoms with E-state index < -0.39 is 12.3 Å². The minimum absolute atomic E-state index is 0.138. The van der Waals surface area contributed by atoms with Gasteiger partial charge in [-0.25, -0.2) is 4.79 Å². The second kappa shape index (κ2) is 4.51. The van der Waals surface area contributed by atoms with Gasteiger partial charge in [-0.1, -0.05) is 12.1 Å². The van der Waals surface area contributed by atoms with Gasteiger partial charge in [0.1, 0.15) is 18.8 Å². The van der Waals surface area contributed by atoms with Crippen LogP contribution < -0.4 is 15.2 Å². The Labute approximate surface area is 121 Å². The summed E-state index contributed by atoms with van der Waals surface area (Å²) >= 11 is 0.